The van der Waals surface area contributed by atoms with Crippen molar-refractivity contribution >= 4 is 29.1 Å². The Balaban J connectivity index is 2.00. The van der Waals surface area contributed by atoms with Gasteiger partial charge in [0.1, 0.15) is 11.6 Å². The van der Waals surface area contributed by atoms with Gasteiger partial charge in [-0.15, -0.1) is 0 Å². The van der Waals surface area contributed by atoms with E-state index in [4.69, 9.17) is 11.6 Å². The van der Waals surface area contributed by atoms with E-state index in [1.54, 1.807) is 18.5 Å². The van der Waals surface area contributed by atoms with Crippen molar-refractivity contribution in [1.29, 1.82) is 0 Å². The normalized spacial score (nSPS) is 11.8. The summed E-state index contributed by atoms with van der Waals surface area (Å²) in [5.41, 5.74) is 1.86. The lowest BCUT2D eigenvalue weighted by molar-refractivity contribution is 0.632. The monoisotopic (exact) mass is 371 g/mol. The molecule has 1 aromatic carbocycles. The van der Waals surface area contributed by atoms with Crippen molar-refractivity contribution in [3.05, 3.63) is 59.6 Å². The quantitative estimate of drug-likeness (QED) is 0.616. The molecule has 0 fully saturated rings. The molecule has 0 aliphatic carbocycles. The summed E-state index contributed by atoms with van der Waals surface area (Å²) in [7, 11) is 0. The van der Waals surface area contributed by atoms with E-state index < -0.39 is 5.82 Å². The highest BCUT2D eigenvalue weighted by Gasteiger charge is 2.11. The van der Waals surface area contributed by atoms with Gasteiger partial charge in [-0.1, -0.05) is 18.5 Å². The molecule has 0 saturated heterocycles. The smallest absolute Gasteiger partial charge is 0.225 e. The Morgan fingerprint density at radius 2 is 1.88 bits per heavy atom. The van der Waals surface area contributed by atoms with E-state index in [0.717, 1.165) is 12.0 Å². The van der Waals surface area contributed by atoms with Gasteiger partial charge in [-0.3, -0.25) is 4.98 Å². The highest BCUT2D eigenvalue weighted by atomic mass is 35.5. The molecule has 0 amide bonds. The molecule has 3 aromatic rings. The van der Waals surface area contributed by atoms with Gasteiger partial charge in [0.05, 0.1) is 11.4 Å². The Hall–Kier alpha value is -2.73. The Bertz CT molecular complexity index is 888. The number of hydrogen-bond acceptors (Lipinski definition) is 5. The third-order valence-corrected chi connectivity index (χ3v) is 4.12. The third kappa shape index (κ3) is 4.46. The minimum atomic E-state index is -0.407. The van der Waals surface area contributed by atoms with Crippen molar-refractivity contribution in [2.75, 3.05) is 10.6 Å². The summed E-state index contributed by atoms with van der Waals surface area (Å²) >= 11 is 5.97. The summed E-state index contributed by atoms with van der Waals surface area (Å²) in [5, 5.41) is 6.68. The third-order valence-electron chi connectivity index (χ3n) is 3.88. The van der Waals surface area contributed by atoms with Crippen LogP contribution in [0.2, 0.25) is 5.02 Å². The van der Waals surface area contributed by atoms with Gasteiger partial charge in [0.15, 0.2) is 0 Å². The highest BCUT2D eigenvalue weighted by molar-refractivity contribution is 6.30. The largest absolute Gasteiger partial charge is 0.352 e. The Morgan fingerprint density at radius 1 is 1.12 bits per heavy atom. The van der Waals surface area contributed by atoms with E-state index in [-0.39, 0.29) is 11.7 Å². The maximum absolute atomic E-state index is 14.1. The summed E-state index contributed by atoms with van der Waals surface area (Å²) < 4.78 is 14.1. The number of pyridine rings is 1. The topological polar surface area (TPSA) is 62.7 Å². The number of halogens is 2. The average molecular weight is 372 g/mol. The summed E-state index contributed by atoms with van der Waals surface area (Å²) in [6.07, 6.45) is 4.32. The van der Waals surface area contributed by atoms with E-state index in [1.165, 1.54) is 18.2 Å². The maximum Gasteiger partial charge on any atom is 0.225 e. The summed E-state index contributed by atoms with van der Waals surface area (Å²) in [4.78, 5) is 13.0. The van der Waals surface area contributed by atoms with E-state index >= 15 is 0 Å². The van der Waals surface area contributed by atoms with Crippen molar-refractivity contribution in [1.82, 2.24) is 15.0 Å². The number of aromatic nitrogens is 3. The zero-order valence-electron chi connectivity index (χ0n) is 14.5. The second kappa shape index (κ2) is 8.10. The van der Waals surface area contributed by atoms with Crippen molar-refractivity contribution in [3.63, 3.8) is 0 Å². The lowest BCUT2D eigenvalue weighted by Crippen LogP contribution is -2.16. The second-order valence-electron chi connectivity index (χ2n) is 5.90. The van der Waals surface area contributed by atoms with Crippen LogP contribution in [0.1, 0.15) is 20.3 Å². The molecule has 2 N–H and O–H groups in total. The van der Waals surface area contributed by atoms with Gasteiger partial charge in [0.2, 0.25) is 5.95 Å². The fourth-order valence-electron chi connectivity index (χ4n) is 2.30. The first-order valence-electron chi connectivity index (χ1n) is 8.33. The Morgan fingerprint density at radius 3 is 2.62 bits per heavy atom. The fourth-order valence-corrected chi connectivity index (χ4v) is 2.47. The van der Waals surface area contributed by atoms with Crippen LogP contribution in [0, 0.1) is 5.82 Å². The molecule has 0 saturated carbocycles. The summed E-state index contributed by atoms with van der Waals surface area (Å²) in [6, 6.07) is 10.0. The van der Waals surface area contributed by atoms with E-state index in [2.05, 4.69) is 32.5 Å². The average Bonchev–Trinajstić information content (AvgIpc) is 2.65. The van der Waals surface area contributed by atoms with Gasteiger partial charge in [0, 0.05) is 35.1 Å². The van der Waals surface area contributed by atoms with Gasteiger partial charge in [-0.05, 0) is 43.7 Å². The zero-order chi connectivity index (χ0) is 18.5. The molecule has 0 aliphatic heterocycles. The first-order chi connectivity index (χ1) is 12.5. The SMILES string of the molecule is CC[C@H](C)Nc1nc(Nc2cc(Cl)ccc2F)cc(-c2ccncc2)n1. The first-order valence-corrected chi connectivity index (χ1v) is 8.71. The minimum absolute atomic E-state index is 0.207. The van der Waals surface area contributed by atoms with Gasteiger partial charge >= 0.3 is 0 Å². The standard InChI is InChI=1S/C19H19ClFN5/c1-3-12(2)23-19-25-16(13-6-8-22-9-7-13)11-18(26-19)24-17-10-14(20)4-5-15(17)21/h4-12H,3H2,1-2H3,(H2,23,24,25,26)/t12-/m0/s1. The minimum Gasteiger partial charge on any atom is -0.352 e. The van der Waals surface area contributed by atoms with Crippen LogP contribution in [0.3, 0.4) is 0 Å². The first kappa shape index (κ1) is 18.1. The molecule has 0 bridgehead atoms. The van der Waals surface area contributed by atoms with Crippen LogP contribution in [-0.2, 0) is 0 Å². The molecule has 0 spiro atoms. The molecular formula is C19H19ClFN5. The molecule has 1 atom stereocenters. The number of benzene rings is 1. The van der Waals surface area contributed by atoms with Crippen LogP contribution in [0.15, 0.2) is 48.8 Å². The number of nitrogens with one attached hydrogen (secondary N) is 2. The number of rotatable bonds is 6. The van der Waals surface area contributed by atoms with Crippen molar-refractivity contribution in [2.24, 2.45) is 0 Å². The molecular weight excluding hydrogens is 353 g/mol. The lowest BCUT2D eigenvalue weighted by atomic mass is 10.2. The number of anilines is 3. The molecule has 26 heavy (non-hydrogen) atoms. The molecule has 0 radical (unpaired) electrons. The molecule has 7 heteroatoms. The van der Waals surface area contributed by atoms with Gasteiger partial charge in [0.25, 0.3) is 0 Å². The highest BCUT2D eigenvalue weighted by Crippen LogP contribution is 2.26. The number of hydrogen-bond donors (Lipinski definition) is 2. The van der Waals surface area contributed by atoms with Gasteiger partial charge in [-0.2, -0.15) is 4.98 Å². The van der Waals surface area contributed by atoms with Gasteiger partial charge < -0.3 is 10.6 Å². The van der Waals surface area contributed by atoms with E-state index in [9.17, 15) is 4.39 Å². The van der Waals surface area contributed by atoms with Crippen molar-refractivity contribution < 1.29 is 4.39 Å². The van der Waals surface area contributed by atoms with Crippen LogP contribution in [0.25, 0.3) is 11.3 Å². The molecule has 134 valence electrons. The molecule has 2 aromatic heterocycles. The predicted molar refractivity (Wildman–Crippen MR) is 103 cm³/mol. The fraction of sp³-hybridized carbons (Fsp3) is 0.211. The van der Waals surface area contributed by atoms with Crippen LogP contribution in [0.5, 0.6) is 0 Å². The van der Waals surface area contributed by atoms with Crippen LogP contribution >= 0.6 is 11.6 Å². The van der Waals surface area contributed by atoms with Crippen LogP contribution in [0.4, 0.5) is 21.8 Å². The van der Waals surface area contributed by atoms with Crippen molar-refractivity contribution in [3.8, 4) is 11.3 Å². The van der Waals surface area contributed by atoms with Crippen molar-refractivity contribution in [2.45, 2.75) is 26.3 Å². The molecule has 0 aliphatic rings. The maximum atomic E-state index is 14.1. The summed E-state index contributed by atoms with van der Waals surface area (Å²) in [5.74, 6) is 0.535. The predicted octanol–water partition coefficient (Wildman–Crippen LogP) is 5.29. The molecule has 5 nitrogen and oxygen atoms in total. The van der Waals surface area contributed by atoms with E-state index in [0.29, 0.717) is 22.5 Å². The molecule has 0 unspecified atom stereocenters. The van der Waals surface area contributed by atoms with E-state index in [1.807, 2.05) is 19.1 Å². The summed E-state index contributed by atoms with van der Waals surface area (Å²) in [6.45, 7) is 4.12. The van der Waals surface area contributed by atoms with Crippen LogP contribution < -0.4 is 10.6 Å². The Labute approximate surface area is 156 Å². The Kier molecular flexibility index (Phi) is 5.63. The zero-order valence-corrected chi connectivity index (χ0v) is 15.3. The second-order valence-corrected chi connectivity index (χ2v) is 6.34. The van der Waals surface area contributed by atoms with Crippen LogP contribution in [-0.4, -0.2) is 21.0 Å². The molecule has 3 rings (SSSR count). The lowest BCUT2D eigenvalue weighted by Gasteiger charge is -2.15. The molecule has 2 heterocycles. The number of nitrogens with zero attached hydrogens (tertiary/aromatic N) is 3. The van der Waals surface area contributed by atoms with Gasteiger partial charge in [-0.25, -0.2) is 9.37 Å².